The van der Waals surface area contributed by atoms with Gasteiger partial charge in [-0.1, -0.05) is 0 Å². The van der Waals surface area contributed by atoms with E-state index in [0.29, 0.717) is 6.54 Å². The van der Waals surface area contributed by atoms with Gasteiger partial charge in [-0.25, -0.2) is 0 Å². The van der Waals surface area contributed by atoms with Crippen molar-refractivity contribution in [1.82, 2.24) is 4.57 Å². The third-order valence-electron chi connectivity index (χ3n) is 2.96. The van der Waals surface area contributed by atoms with Gasteiger partial charge in [0.1, 0.15) is 0 Å². The summed E-state index contributed by atoms with van der Waals surface area (Å²) in [4.78, 5) is 0. The van der Waals surface area contributed by atoms with Crippen LogP contribution < -0.4 is 5.73 Å². The molecule has 3 nitrogen and oxygen atoms in total. The highest BCUT2D eigenvalue weighted by Crippen LogP contribution is 2.27. The van der Waals surface area contributed by atoms with Crippen molar-refractivity contribution in [1.29, 1.82) is 0 Å². The zero-order valence-electron chi connectivity index (χ0n) is 7.78. The van der Waals surface area contributed by atoms with Crippen LogP contribution in [0, 0.1) is 0 Å². The van der Waals surface area contributed by atoms with Crippen molar-refractivity contribution in [2.24, 2.45) is 5.73 Å². The number of aromatic nitrogens is 1. The van der Waals surface area contributed by atoms with Gasteiger partial charge in [-0.2, -0.15) is 0 Å². The lowest BCUT2D eigenvalue weighted by molar-refractivity contribution is 0.0250. The van der Waals surface area contributed by atoms with Crippen molar-refractivity contribution in [3.63, 3.8) is 0 Å². The molecule has 0 radical (unpaired) electrons. The van der Waals surface area contributed by atoms with E-state index in [1.54, 1.807) is 0 Å². The van der Waals surface area contributed by atoms with Crippen LogP contribution in [-0.4, -0.2) is 24.3 Å². The number of nitrogens with two attached hydrogens (primary N) is 1. The van der Waals surface area contributed by atoms with Crippen molar-refractivity contribution in [2.75, 3.05) is 19.8 Å². The van der Waals surface area contributed by atoms with E-state index in [-0.39, 0.29) is 5.54 Å². The topological polar surface area (TPSA) is 40.2 Å². The van der Waals surface area contributed by atoms with Crippen LogP contribution in [-0.2, 0) is 10.3 Å². The first-order chi connectivity index (χ1) is 6.37. The molecule has 0 atom stereocenters. The van der Waals surface area contributed by atoms with E-state index in [9.17, 15) is 0 Å². The molecular formula is C10H16N2O. The van der Waals surface area contributed by atoms with Crippen LogP contribution in [0.15, 0.2) is 24.5 Å². The lowest BCUT2D eigenvalue weighted by Crippen LogP contribution is -2.45. The lowest BCUT2D eigenvalue weighted by atomic mass is 9.90. The third-order valence-corrected chi connectivity index (χ3v) is 2.96. The van der Waals surface area contributed by atoms with Crippen molar-refractivity contribution in [2.45, 2.75) is 18.4 Å². The second-order valence-corrected chi connectivity index (χ2v) is 3.63. The molecule has 1 aromatic rings. The molecule has 3 heteroatoms. The molecular weight excluding hydrogens is 164 g/mol. The van der Waals surface area contributed by atoms with E-state index < -0.39 is 0 Å². The largest absolute Gasteiger partial charge is 0.381 e. The second-order valence-electron chi connectivity index (χ2n) is 3.63. The Kier molecular flexibility index (Phi) is 2.38. The van der Waals surface area contributed by atoms with E-state index in [4.69, 9.17) is 10.5 Å². The molecule has 13 heavy (non-hydrogen) atoms. The fourth-order valence-electron chi connectivity index (χ4n) is 1.97. The Balaban J connectivity index is 2.23. The summed E-state index contributed by atoms with van der Waals surface area (Å²) < 4.78 is 7.59. The van der Waals surface area contributed by atoms with Gasteiger partial charge in [0.05, 0.1) is 5.54 Å². The minimum absolute atomic E-state index is 0.113. The average Bonchev–Trinajstić information content (AvgIpc) is 2.72. The van der Waals surface area contributed by atoms with Crippen molar-refractivity contribution in [3.8, 4) is 0 Å². The molecule has 0 amide bonds. The number of hydrogen-bond donors (Lipinski definition) is 1. The molecule has 1 saturated heterocycles. The Hall–Kier alpha value is -0.800. The van der Waals surface area contributed by atoms with Crippen LogP contribution in [0.5, 0.6) is 0 Å². The van der Waals surface area contributed by atoms with Crippen molar-refractivity contribution < 1.29 is 4.74 Å². The maximum Gasteiger partial charge on any atom is 0.0605 e. The summed E-state index contributed by atoms with van der Waals surface area (Å²) in [5.74, 6) is 0. The fraction of sp³-hybridized carbons (Fsp3) is 0.600. The summed E-state index contributed by atoms with van der Waals surface area (Å²) in [6.07, 6.45) is 6.24. The number of rotatable bonds is 2. The zero-order chi connectivity index (χ0) is 9.15. The predicted molar refractivity (Wildman–Crippen MR) is 51.5 cm³/mol. The maximum absolute atomic E-state index is 5.85. The van der Waals surface area contributed by atoms with Crippen LogP contribution in [0.25, 0.3) is 0 Å². The Morgan fingerprint density at radius 2 is 1.85 bits per heavy atom. The standard InChI is InChI=1S/C10H16N2O/c11-9-10(3-7-13-8-4-10)12-5-1-2-6-12/h1-2,5-6H,3-4,7-9,11H2. The SMILES string of the molecule is NCC1(n2cccc2)CCOCC1. The maximum atomic E-state index is 5.85. The fourth-order valence-corrected chi connectivity index (χ4v) is 1.97. The highest BCUT2D eigenvalue weighted by molar-refractivity contribution is 5.00. The second kappa shape index (κ2) is 3.52. The Labute approximate surface area is 78.5 Å². The molecule has 0 aromatic carbocycles. The van der Waals surface area contributed by atoms with Crippen LogP contribution in [0.2, 0.25) is 0 Å². The summed E-state index contributed by atoms with van der Waals surface area (Å²) >= 11 is 0. The van der Waals surface area contributed by atoms with E-state index >= 15 is 0 Å². The summed E-state index contributed by atoms with van der Waals surface area (Å²) in [5, 5.41) is 0. The van der Waals surface area contributed by atoms with Gasteiger partial charge < -0.3 is 15.0 Å². The molecule has 1 aliphatic heterocycles. The van der Waals surface area contributed by atoms with Gasteiger partial charge >= 0.3 is 0 Å². The average molecular weight is 180 g/mol. The molecule has 2 N–H and O–H groups in total. The van der Waals surface area contributed by atoms with Crippen LogP contribution in [0.4, 0.5) is 0 Å². The molecule has 2 heterocycles. The van der Waals surface area contributed by atoms with E-state index in [1.165, 1.54) is 0 Å². The number of ether oxygens (including phenoxy) is 1. The van der Waals surface area contributed by atoms with Gasteiger partial charge in [-0.3, -0.25) is 0 Å². The van der Waals surface area contributed by atoms with E-state index in [0.717, 1.165) is 26.1 Å². The molecule has 0 saturated carbocycles. The van der Waals surface area contributed by atoms with E-state index in [2.05, 4.69) is 17.0 Å². The van der Waals surface area contributed by atoms with Gasteiger partial charge in [-0.15, -0.1) is 0 Å². The van der Waals surface area contributed by atoms with Crippen molar-refractivity contribution in [3.05, 3.63) is 24.5 Å². The molecule has 0 spiro atoms. The normalized spacial score (nSPS) is 21.6. The third kappa shape index (κ3) is 1.49. The van der Waals surface area contributed by atoms with Crippen LogP contribution >= 0.6 is 0 Å². The Bertz CT molecular complexity index is 250. The molecule has 72 valence electrons. The van der Waals surface area contributed by atoms with Gasteiger partial charge in [0, 0.05) is 32.2 Å². The highest BCUT2D eigenvalue weighted by Gasteiger charge is 2.31. The highest BCUT2D eigenvalue weighted by atomic mass is 16.5. The lowest BCUT2D eigenvalue weighted by Gasteiger charge is -2.37. The zero-order valence-corrected chi connectivity index (χ0v) is 7.78. The number of nitrogens with zero attached hydrogens (tertiary/aromatic N) is 1. The monoisotopic (exact) mass is 180 g/mol. The van der Waals surface area contributed by atoms with Gasteiger partial charge in [0.15, 0.2) is 0 Å². The van der Waals surface area contributed by atoms with Crippen molar-refractivity contribution >= 4 is 0 Å². The van der Waals surface area contributed by atoms with Crippen LogP contribution in [0.3, 0.4) is 0 Å². The first-order valence-electron chi connectivity index (χ1n) is 4.79. The predicted octanol–water partition coefficient (Wildman–Crippen LogP) is 0.952. The molecule has 1 aliphatic rings. The smallest absolute Gasteiger partial charge is 0.0605 e. The minimum Gasteiger partial charge on any atom is -0.381 e. The summed E-state index contributed by atoms with van der Waals surface area (Å²) in [7, 11) is 0. The summed E-state index contributed by atoms with van der Waals surface area (Å²) in [6.45, 7) is 2.36. The quantitative estimate of drug-likeness (QED) is 0.736. The minimum atomic E-state index is 0.113. The summed E-state index contributed by atoms with van der Waals surface area (Å²) in [5.41, 5.74) is 5.97. The number of hydrogen-bond acceptors (Lipinski definition) is 2. The first kappa shape index (κ1) is 8.78. The molecule has 1 fully saturated rings. The van der Waals surface area contributed by atoms with Crippen LogP contribution in [0.1, 0.15) is 12.8 Å². The van der Waals surface area contributed by atoms with E-state index in [1.807, 2.05) is 12.1 Å². The molecule has 0 unspecified atom stereocenters. The van der Waals surface area contributed by atoms with Gasteiger partial charge in [0.2, 0.25) is 0 Å². The summed E-state index contributed by atoms with van der Waals surface area (Å²) in [6, 6.07) is 4.10. The van der Waals surface area contributed by atoms with Gasteiger partial charge in [0.25, 0.3) is 0 Å². The Morgan fingerprint density at radius 3 is 2.38 bits per heavy atom. The first-order valence-corrected chi connectivity index (χ1v) is 4.79. The molecule has 0 aliphatic carbocycles. The Morgan fingerprint density at radius 1 is 1.23 bits per heavy atom. The molecule has 0 bridgehead atoms. The molecule has 1 aromatic heterocycles. The van der Waals surface area contributed by atoms with Gasteiger partial charge in [-0.05, 0) is 25.0 Å². The molecule has 2 rings (SSSR count).